The third-order valence-electron chi connectivity index (χ3n) is 3.67. The summed E-state index contributed by atoms with van der Waals surface area (Å²) in [5.74, 6) is 0.198. The number of hydrogen-bond donors (Lipinski definition) is 0. The van der Waals surface area contributed by atoms with Crippen molar-refractivity contribution in [2.75, 3.05) is 0 Å². The average Bonchev–Trinajstić information content (AvgIpc) is 2.75. The van der Waals surface area contributed by atoms with E-state index < -0.39 is 11.7 Å². The summed E-state index contributed by atoms with van der Waals surface area (Å²) in [5.41, 5.74) is 0.659. The second-order valence-electron chi connectivity index (χ2n) is 6.38. The molecular weight excluding hydrogens is 242 g/mol. The van der Waals surface area contributed by atoms with E-state index in [0.29, 0.717) is 6.42 Å². The van der Waals surface area contributed by atoms with Crippen LogP contribution >= 0.6 is 0 Å². The maximum atomic E-state index is 12.2. The fourth-order valence-electron chi connectivity index (χ4n) is 3.04. The molecule has 2 rings (SSSR count). The topological polar surface area (TPSA) is 46.6 Å². The molecule has 4 nitrogen and oxygen atoms in total. The lowest BCUT2D eigenvalue weighted by Crippen LogP contribution is -2.43. The number of ether oxygens (including phenoxy) is 1. The van der Waals surface area contributed by atoms with Crippen LogP contribution in [0.2, 0.25) is 0 Å². The smallest absolute Gasteiger partial charge is 0.417 e. The van der Waals surface area contributed by atoms with E-state index in [1.54, 1.807) is 0 Å². The number of carbonyl (C=O) groups is 2. The summed E-state index contributed by atoms with van der Waals surface area (Å²) in [5, 5.41) is 0. The minimum absolute atomic E-state index is 0.0534. The van der Waals surface area contributed by atoms with Crippen molar-refractivity contribution < 1.29 is 14.3 Å². The molecule has 0 spiro atoms. The summed E-state index contributed by atoms with van der Waals surface area (Å²) in [6.07, 6.45) is 5.08. The van der Waals surface area contributed by atoms with E-state index in [0.717, 1.165) is 19.3 Å². The first-order valence-electron chi connectivity index (χ1n) is 7.07. The third-order valence-corrected chi connectivity index (χ3v) is 3.67. The van der Waals surface area contributed by atoms with Crippen molar-refractivity contribution in [3.63, 3.8) is 0 Å². The van der Waals surface area contributed by atoms with Gasteiger partial charge in [-0.15, -0.1) is 0 Å². The zero-order valence-corrected chi connectivity index (χ0v) is 12.2. The Morgan fingerprint density at radius 3 is 2.74 bits per heavy atom. The Kier molecular flexibility index (Phi) is 3.70. The number of likely N-dealkylation sites (tertiary alicyclic amines) is 1. The minimum atomic E-state index is -0.567. The molecule has 2 atom stereocenters. The van der Waals surface area contributed by atoms with Gasteiger partial charge in [0.25, 0.3) is 0 Å². The monoisotopic (exact) mass is 265 g/mol. The molecule has 19 heavy (non-hydrogen) atoms. The Hall–Kier alpha value is -1.32. The molecule has 2 aliphatic rings. The van der Waals surface area contributed by atoms with Crippen LogP contribution in [-0.2, 0) is 9.53 Å². The van der Waals surface area contributed by atoms with Crippen LogP contribution in [0.4, 0.5) is 4.79 Å². The summed E-state index contributed by atoms with van der Waals surface area (Å²) in [7, 11) is 0. The van der Waals surface area contributed by atoms with Gasteiger partial charge < -0.3 is 4.74 Å². The largest absolute Gasteiger partial charge is 0.443 e. The lowest BCUT2D eigenvalue weighted by molar-refractivity contribution is -0.127. The molecule has 1 aliphatic carbocycles. The zero-order valence-electron chi connectivity index (χ0n) is 12.2. The Balaban J connectivity index is 2.21. The summed E-state index contributed by atoms with van der Waals surface area (Å²) in [6, 6.07) is -0.0534. The van der Waals surface area contributed by atoms with Gasteiger partial charge in [0.1, 0.15) is 5.60 Å². The third kappa shape index (κ3) is 2.82. The minimum Gasteiger partial charge on any atom is -0.443 e. The summed E-state index contributed by atoms with van der Waals surface area (Å²) in [6.45, 7) is 7.54. The Morgan fingerprint density at radius 1 is 1.47 bits per heavy atom. The van der Waals surface area contributed by atoms with E-state index >= 15 is 0 Å². The number of carbonyl (C=O) groups excluding carboxylic acids is 2. The van der Waals surface area contributed by atoms with Gasteiger partial charge in [-0.25, -0.2) is 9.69 Å². The number of amides is 2. The first-order chi connectivity index (χ1) is 8.83. The van der Waals surface area contributed by atoms with Crippen molar-refractivity contribution in [3.05, 3.63) is 11.6 Å². The molecule has 0 radical (unpaired) electrons. The molecule has 0 N–H and O–H groups in total. The molecule has 1 saturated heterocycles. The van der Waals surface area contributed by atoms with E-state index in [4.69, 9.17) is 4.74 Å². The highest BCUT2D eigenvalue weighted by Gasteiger charge is 2.49. The maximum Gasteiger partial charge on any atom is 0.417 e. The van der Waals surface area contributed by atoms with Gasteiger partial charge in [0, 0.05) is 6.42 Å². The summed E-state index contributed by atoms with van der Waals surface area (Å²) in [4.78, 5) is 25.6. The predicted molar refractivity (Wildman–Crippen MR) is 72.6 cm³/mol. The van der Waals surface area contributed by atoms with Gasteiger partial charge in [-0.3, -0.25) is 4.79 Å². The molecule has 2 fully saturated rings. The van der Waals surface area contributed by atoms with Gasteiger partial charge >= 0.3 is 6.09 Å². The van der Waals surface area contributed by atoms with Crippen LogP contribution in [0.5, 0.6) is 0 Å². The van der Waals surface area contributed by atoms with Gasteiger partial charge in [0.05, 0.1) is 6.04 Å². The molecule has 106 valence electrons. The average molecular weight is 265 g/mol. The van der Waals surface area contributed by atoms with Crippen LogP contribution < -0.4 is 0 Å². The second-order valence-corrected chi connectivity index (χ2v) is 6.38. The van der Waals surface area contributed by atoms with Gasteiger partial charge in [-0.2, -0.15) is 0 Å². The van der Waals surface area contributed by atoms with E-state index in [9.17, 15) is 9.59 Å². The molecule has 1 aliphatic heterocycles. The highest BCUT2D eigenvalue weighted by atomic mass is 16.6. The van der Waals surface area contributed by atoms with Gasteiger partial charge in [0.15, 0.2) is 0 Å². The van der Waals surface area contributed by atoms with Crippen LogP contribution in [0.15, 0.2) is 11.6 Å². The molecule has 0 bridgehead atoms. The number of allylic oxidation sites excluding steroid dienone is 1. The van der Waals surface area contributed by atoms with Crippen molar-refractivity contribution >= 4 is 12.0 Å². The quantitative estimate of drug-likeness (QED) is 0.684. The van der Waals surface area contributed by atoms with Crippen LogP contribution in [0, 0.1) is 5.92 Å². The van der Waals surface area contributed by atoms with E-state index in [1.165, 1.54) is 10.5 Å². The molecule has 1 heterocycles. The molecule has 2 amide bonds. The summed E-state index contributed by atoms with van der Waals surface area (Å²) >= 11 is 0. The Labute approximate surface area is 114 Å². The molecule has 0 aromatic heterocycles. The van der Waals surface area contributed by atoms with Crippen LogP contribution in [0.3, 0.4) is 0 Å². The van der Waals surface area contributed by atoms with Crippen LogP contribution in [0.25, 0.3) is 0 Å². The highest BCUT2D eigenvalue weighted by molar-refractivity contribution is 5.95. The van der Waals surface area contributed by atoms with Crippen LogP contribution in [0.1, 0.15) is 53.4 Å². The maximum absolute atomic E-state index is 12.2. The fraction of sp³-hybridized carbons (Fsp3) is 0.733. The van der Waals surface area contributed by atoms with Crippen molar-refractivity contribution in [2.45, 2.75) is 65.0 Å². The molecule has 0 aromatic rings. The molecule has 1 saturated carbocycles. The Morgan fingerprint density at radius 2 is 2.16 bits per heavy atom. The molecule has 2 unspecified atom stereocenters. The van der Waals surface area contributed by atoms with Crippen molar-refractivity contribution in [1.29, 1.82) is 0 Å². The van der Waals surface area contributed by atoms with E-state index in [2.05, 4.69) is 13.0 Å². The molecular formula is C15H23NO3. The standard InChI is InChI=1S/C15H23NO3/c1-5-6-10-7-8-11-9-12(17)16(13(10)11)14(18)19-15(2,3)4/h6,11,13H,5,7-9H2,1-4H3/b10-6+. The number of fused-ring (bicyclic) bond motifs is 1. The highest BCUT2D eigenvalue weighted by Crippen LogP contribution is 2.42. The number of rotatable bonds is 1. The van der Waals surface area contributed by atoms with Gasteiger partial charge in [-0.1, -0.05) is 18.6 Å². The van der Waals surface area contributed by atoms with Crippen molar-refractivity contribution in [1.82, 2.24) is 4.90 Å². The van der Waals surface area contributed by atoms with E-state index in [1.807, 2.05) is 20.8 Å². The Bertz CT molecular complexity index is 420. The van der Waals surface area contributed by atoms with Crippen molar-refractivity contribution in [3.8, 4) is 0 Å². The SMILES string of the molecule is CC/C=C1\CCC2CC(=O)N(C(=O)OC(C)(C)C)C12. The van der Waals surface area contributed by atoms with E-state index in [-0.39, 0.29) is 17.9 Å². The number of hydrogen-bond acceptors (Lipinski definition) is 3. The molecule has 0 aromatic carbocycles. The lowest BCUT2D eigenvalue weighted by atomic mass is 10.0. The number of nitrogens with zero attached hydrogens (tertiary/aromatic N) is 1. The number of imide groups is 1. The van der Waals surface area contributed by atoms with Crippen LogP contribution in [-0.4, -0.2) is 28.5 Å². The van der Waals surface area contributed by atoms with Crippen molar-refractivity contribution in [2.24, 2.45) is 5.92 Å². The first kappa shape index (κ1) is 14.1. The zero-order chi connectivity index (χ0) is 14.2. The molecule has 4 heteroatoms. The van der Waals surface area contributed by atoms with Gasteiger partial charge in [-0.05, 0) is 46.0 Å². The normalized spacial score (nSPS) is 28.9. The fourth-order valence-corrected chi connectivity index (χ4v) is 3.04. The second kappa shape index (κ2) is 4.99. The summed E-state index contributed by atoms with van der Waals surface area (Å²) < 4.78 is 5.37. The van der Waals surface area contributed by atoms with Gasteiger partial charge in [0.2, 0.25) is 5.91 Å². The first-order valence-corrected chi connectivity index (χ1v) is 7.07. The lowest BCUT2D eigenvalue weighted by Gasteiger charge is -2.27. The predicted octanol–water partition coefficient (Wildman–Crippen LogP) is 3.27.